The monoisotopic (exact) mass is 388 g/mol. The first-order valence-electron chi connectivity index (χ1n) is 9.54. The second kappa shape index (κ2) is 8.76. The Balaban J connectivity index is 1.66. The first-order valence-corrected chi connectivity index (χ1v) is 11.0. The fraction of sp³-hybridized carbons (Fsp3) is 0.429. The molecular formula is C21H28N2O3S. The number of hydrogen-bond donors (Lipinski definition) is 1. The van der Waals surface area contributed by atoms with E-state index < -0.39 is 10.0 Å². The third-order valence-electron chi connectivity index (χ3n) is 5.07. The van der Waals surface area contributed by atoms with E-state index in [1.165, 1.54) is 24.9 Å². The molecule has 0 aromatic heterocycles. The molecule has 0 spiro atoms. The molecule has 1 saturated heterocycles. The molecule has 27 heavy (non-hydrogen) atoms. The van der Waals surface area contributed by atoms with Gasteiger partial charge in [-0.15, -0.1) is 0 Å². The number of nitrogens with one attached hydrogen (secondary N) is 1. The average molecular weight is 389 g/mol. The fourth-order valence-electron chi connectivity index (χ4n) is 3.44. The van der Waals surface area contributed by atoms with Crippen molar-refractivity contribution in [1.29, 1.82) is 0 Å². The molecule has 0 unspecified atom stereocenters. The number of hydrogen-bond acceptors (Lipinski definition) is 4. The molecule has 0 amide bonds. The highest BCUT2D eigenvalue weighted by Gasteiger charge is 2.16. The van der Waals surface area contributed by atoms with Crippen molar-refractivity contribution in [3.63, 3.8) is 0 Å². The van der Waals surface area contributed by atoms with Gasteiger partial charge >= 0.3 is 0 Å². The minimum atomic E-state index is -3.56. The lowest BCUT2D eigenvalue weighted by Gasteiger charge is -2.28. The van der Waals surface area contributed by atoms with Gasteiger partial charge < -0.3 is 9.64 Å². The molecule has 1 heterocycles. The lowest BCUT2D eigenvalue weighted by molar-refractivity contribution is 0.409. The van der Waals surface area contributed by atoms with Gasteiger partial charge in [0, 0.05) is 25.3 Å². The highest BCUT2D eigenvalue weighted by Crippen LogP contribution is 2.23. The van der Waals surface area contributed by atoms with E-state index in [1.807, 2.05) is 19.1 Å². The molecule has 0 aliphatic carbocycles. The van der Waals surface area contributed by atoms with E-state index in [0.717, 1.165) is 24.2 Å². The van der Waals surface area contributed by atoms with Crippen molar-refractivity contribution >= 4 is 15.7 Å². The number of piperidine rings is 1. The van der Waals surface area contributed by atoms with Crippen LogP contribution in [0, 0.1) is 0 Å². The van der Waals surface area contributed by atoms with E-state index in [-0.39, 0.29) is 11.4 Å². The molecule has 1 fully saturated rings. The third-order valence-corrected chi connectivity index (χ3v) is 6.47. The number of anilines is 1. The van der Waals surface area contributed by atoms with Gasteiger partial charge in [-0.05, 0) is 67.1 Å². The quantitative estimate of drug-likeness (QED) is 0.785. The zero-order valence-corrected chi connectivity index (χ0v) is 16.9. The number of sulfonamides is 1. The molecule has 2 aromatic rings. The summed E-state index contributed by atoms with van der Waals surface area (Å²) in [6, 6.07) is 13.1. The molecule has 0 radical (unpaired) electrons. The molecule has 0 bridgehead atoms. The molecule has 0 saturated carbocycles. The van der Waals surface area contributed by atoms with Crippen LogP contribution in [-0.2, 0) is 23.0 Å². The maximum Gasteiger partial charge on any atom is 0.240 e. The maximum atomic E-state index is 12.6. The number of ether oxygens (including phenoxy) is 1. The lowest BCUT2D eigenvalue weighted by atomic mass is 10.1. The maximum absolute atomic E-state index is 12.6. The Kier molecular flexibility index (Phi) is 6.39. The normalized spacial score (nSPS) is 15.0. The van der Waals surface area contributed by atoms with Gasteiger partial charge in [0.15, 0.2) is 0 Å². The van der Waals surface area contributed by atoms with Crippen LogP contribution in [0.3, 0.4) is 0 Å². The minimum Gasteiger partial charge on any atom is -0.496 e. The summed E-state index contributed by atoms with van der Waals surface area (Å²) >= 11 is 0. The smallest absolute Gasteiger partial charge is 0.240 e. The number of benzene rings is 2. The SMILES string of the molecule is CCc1cc(S(=O)(=O)NCc2ccc(N3CCCCC3)cc2)ccc1OC. The fourth-order valence-corrected chi connectivity index (χ4v) is 4.50. The largest absolute Gasteiger partial charge is 0.496 e. The third kappa shape index (κ3) is 4.82. The number of rotatable bonds is 7. The van der Waals surface area contributed by atoms with Crippen molar-refractivity contribution in [2.24, 2.45) is 0 Å². The van der Waals surface area contributed by atoms with E-state index in [2.05, 4.69) is 21.8 Å². The topological polar surface area (TPSA) is 58.6 Å². The molecule has 0 atom stereocenters. The Morgan fingerprint density at radius 1 is 1.04 bits per heavy atom. The first kappa shape index (κ1) is 19.7. The van der Waals surface area contributed by atoms with Crippen LogP contribution in [0.2, 0.25) is 0 Å². The second-order valence-corrected chi connectivity index (χ2v) is 8.63. The van der Waals surface area contributed by atoms with Crippen molar-refractivity contribution in [3.05, 3.63) is 53.6 Å². The molecule has 1 aliphatic rings. The molecule has 1 aliphatic heterocycles. The van der Waals surface area contributed by atoms with Gasteiger partial charge in [0.05, 0.1) is 12.0 Å². The summed E-state index contributed by atoms with van der Waals surface area (Å²) in [5.74, 6) is 0.713. The van der Waals surface area contributed by atoms with Crippen LogP contribution in [0.15, 0.2) is 47.4 Å². The molecular weight excluding hydrogens is 360 g/mol. The number of aryl methyl sites for hydroxylation is 1. The summed E-state index contributed by atoms with van der Waals surface area (Å²) in [5, 5.41) is 0. The van der Waals surface area contributed by atoms with Gasteiger partial charge in [-0.25, -0.2) is 13.1 Å². The second-order valence-electron chi connectivity index (χ2n) is 6.87. The molecule has 3 rings (SSSR count). The van der Waals surface area contributed by atoms with Crippen LogP contribution < -0.4 is 14.4 Å². The zero-order chi connectivity index (χ0) is 19.3. The molecule has 6 heteroatoms. The Hall–Kier alpha value is -2.05. The zero-order valence-electron chi connectivity index (χ0n) is 16.1. The van der Waals surface area contributed by atoms with Crippen molar-refractivity contribution in [2.75, 3.05) is 25.1 Å². The van der Waals surface area contributed by atoms with E-state index >= 15 is 0 Å². The van der Waals surface area contributed by atoms with Crippen LogP contribution in [-0.4, -0.2) is 28.6 Å². The van der Waals surface area contributed by atoms with Gasteiger partial charge in [0.1, 0.15) is 5.75 Å². The standard InChI is InChI=1S/C21H28N2O3S/c1-3-18-15-20(11-12-21(18)26-2)27(24,25)22-16-17-7-9-19(10-8-17)23-13-5-4-6-14-23/h7-12,15,22H,3-6,13-14,16H2,1-2H3. The highest BCUT2D eigenvalue weighted by molar-refractivity contribution is 7.89. The van der Waals surface area contributed by atoms with Crippen LogP contribution in [0.25, 0.3) is 0 Å². The van der Waals surface area contributed by atoms with E-state index in [0.29, 0.717) is 12.2 Å². The molecule has 2 aromatic carbocycles. The van der Waals surface area contributed by atoms with Gasteiger partial charge in [0.25, 0.3) is 0 Å². The van der Waals surface area contributed by atoms with E-state index in [9.17, 15) is 8.42 Å². The van der Waals surface area contributed by atoms with Crippen molar-refractivity contribution in [1.82, 2.24) is 4.72 Å². The van der Waals surface area contributed by atoms with Crippen molar-refractivity contribution in [3.8, 4) is 5.75 Å². The summed E-state index contributed by atoms with van der Waals surface area (Å²) in [5.41, 5.74) is 3.04. The Labute approximate surface area is 162 Å². The van der Waals surface area contributed by atoms with E-state index in [1.54, 1.807) is 25.3 Å². The van der Waals surface area contributed by atoms with Gasteiger partial charge in [-0.1, -0.05) is 19.1 Å². The van der Waals surface area contributed by atoms with Crippen molar-refractivity contribution < 1.29 is 13.2 Å². The molecule has 1 N–H and O–H groups in total. The Morgan fingerprint density at radius 3 is 2.37 bits per heavy atom. The summed E-state index contributed by atoms with van der Waals surface area (Å²) < 4.78 is 33.2. The summed E-state index contributed by atoms with van der Waals surface area (Å²) in [4.78, 5) is 2.66. The lowest BCUT2D eigenvalue weighted by Crippen LogP contribution is -2.29. The number of methoxy groups -OCH3 is 1. The van der Waals surface area contributed by atoms with E-state index in [4.69, 9.17) is 4.74 Å². The van der Waals surface area contributed by atoms with Gasteiger partial charge in [-0.2, -0.15) is 0 Å². The highest BCUT2D eigenvalue weighted by atomic mass is 32.2. The first-order chi connectivity index (χ1) is 13.0. The van der Waals surface area contributed by atoms with Crippen LogP contribution >= 0.6 is 0 Å². The van der Waals surface area contributed by atoms with Crippen molar-refractivity contribution in [2.45, 2.75) is 44.0 Å². The summed E-state index contributed by atoms with van der Waals surface area (Å²) in [7, 11) is -1.97. The average Bonchev–Trinajstić information content (AvgIpc) is 2.72. The Morgan fingerprint density at radius 2 is 1.74 bits per heavy atom. The Bertz CT molecular complexity index is 857. The number of nitrogens with zero attached hydrogens (tertiary/aromatic N) is 1. The predicted molar refractivity (Wildman–Crippen MR) is 109 cm³/mol. The summed E-state index contributed by atoms with van der Waals surface area (Å²) in [6.07, 6.45) is 4.50. The van der Waals surface area contributed by atoms with Gasteiger partial charge in [-0.3, -0.25) is 0 Å². The minimum absolute atomic E-state index is 0.269. The molecule has 146 valence electrons. The van der Waals surface area contributed by atoms with Gasteiger partial charge in [0.2, 0.25) is 10.0 Å². The van der Waals surface area contributed by atoms with Crippen LogP contribution in [0.5, 0.6) is 5.75 Å². The molecule has 5 nitrogen and oxygen atoms in total. The van der Waals surface area contributed by atoms with Crippen LogP contribution in [0.4, 0.5) is 5.69 Å². The van der Waals surface area contributed by atoms with Crippen LogP contribution in [0.1, 0.15) is 37.3 Å². The predicted octanol–water partition coefficient (Wildman–Crippen LogP) is 3.73. The summed E-state index contributed by atoms with van der Waals surface area (Å²) in [6.45, 7) is 4.45.